The van der Waals surface area contributed by atoms with Crippen molar-refractivity contribution < 1.29 is 9.13 Å². The van der Waals surface area contributed by atoms with E-state index in [1.165, 1.54) is 17.3 Å². The predicted molar refractivity (Wildman–Crippen MR) is 91.5 cm³/mol. The van der Waals surface area contributed by atoms with Crippen LogP contribution in [-0.2, 0) is 11.3 Å². The second-order valence-corrected chi connectivity index (χ2v) is 7.69. The highest BCUT2D eigenvalue weighted by atomic mass is 32.1. The number of aromatic nitrogens is 2. The molecule has 2 saturated heterocycles. The maximum absolute atomic E-state index is 12.9. The minimum absolute atomic E-state index is 0.0762. The van der Waals surface area contributed by atoms with Crippen molar-refractivity contribution in [2.45, 2.75) is 37.5 Å². The van der Waals surface area contributed by atoms with Gasteiger partial charge in [0.1, 0.15) is 0 Å². The van der Waals surface area contributed by atoms with Crippen LogP contribution in [-0.4, -0.2) is 46.2 Å². The molecule has 2 unspecified atom stereocenters. The van der Waals surface area contributed by atoms with Gasteiger partial charge in [0.25, 0.3) is 0 Å². The van der Waals surface area contributed by atoms with Crippen molar-refractivity contribution in [1.29, 1.82) is 0 Å². The standard InChI is InChI=1S/C17H21FN4OS/c18-13-8-19-16(20-9-13)21-14-7-17(23-11-14)4-2-5-22(12-17)10-15-3-1-6-24-15/h1,3,6,8-9,14H,2,4-5,7,10-12H2,(H,19,20,21). The van der Waals surface area contributed by atoms with E-state index < -0.39 is 5.82 Å². The summed E-state index contributed by atoms with van der Waals surface area (Å²) >= 11 is 1.81. The first-order chi connectivity index (χ1) is 11.7. The Kier molecular flexibility index (Phi) is 4.47. The van der Waals surface area contributed by atoms with Crippen molar-refractivity contribution in [3.63, 3.8) is 0 Å². The molecule has 2 atom stereocenters. The summed E-state index contributed by atoms with van der Waals surface area (Å²) in [6.07, 6.45) is 5.56. The number of hydrogen-bond donors (Lipinski definition) is 1. The van der Waals surface area contributed by atoms with Crippen LogP contribution in [0, 0.1) is 5.82 Å². The minimum atomic E-state index is -0.420. The third-order valence-corrected chi connectivity index (χ3v) is 5.60. The Labute approximate surface area is 144 Å². The van der Waals surface area contributed by atoms with Gasteiger partial charge in [-0.3, -0.25) is 4.90 Å². The van der Waals surface area contributed by atoms with E-state index in [1.54, 1.807) is 0 Å². The highest BCUT2D eigenvalue weighted by Gasteiger charge is 2.43. The number of halogens is 1. The summed E-state index contributed by atoms with van der Waals surface area (Å²) in [4.78, 5) is 11.9. The quantitative estimate of drug-likeness (QED) is 0.921. The number of nitrogens with one attached hydrogen (secondary N) is 1. The van der Waals surface area contributed by atoms with E-state index in [9.17, 15) is 4.39 Å². The molecule has 2 aliphatic heterocycles. The van der Waals surface area contributed by atoms with Gasteiger partial charge in [0.05, 0.1) is 30.6 Å². The molecule has 128 valence electrons. The largest absolute Gasteiger partial charge is 0.371 e. The number of rotatable bonds is 4. The number of hydrogen-bond acceptors (Lipinski definition) is 6. The molecule has 24 heavy (non-hydrogen) atoms. The Morgan fingerprint density at radius 2 is 2.29 bits per heavy atom. The highest BCUT2D eigenvalue weighted by Crippen LogP contribution is 2.36. The third kappa shape index (κ3) is 3.58. The van der Waals surface area contributed by atoms with Crippen LogP contribution in [0.5, 0.6) is 0 Å². The van der Waals surface area contributed by atoms with Crippen LogP contribution in [0.2, 0.25) is 0 Å². The second kappa shape index (κ2) is 6.74. The molecule has 4 rings (SSSR count). The van der Waals surface area contributed by atoms with Crippen LogP contribution in [0.3, 0.4) is 0 Å². The third-order valence-electron chi connectivity index (χ3n) is 4.74. The molecule has 2 fully saturated rings. The van der Waals surface area contributed by atoms with Crippen molar-refractivity contribution in [2.24, 2.45) is 0 Å². The predicted octanol–water partition coefficient (Wildman–Crippen LogP) is 2.91. The SMILES string of the molecule is Fc1cnc(NC2COC3(CCCN(Cc4cccs4)C3)C2)nc1. The maximum atomic E-state index is 12.9. The minimum Gasteiger partial charge on any atom is -0.371 e. The number of piperidine rings is 1. The summed E-state index contributed by atoms with van der Waals surface area (Å²) in [5.74, 6) is 0.0458. The fourth-order valence-electron chi connectivity index (χ4n) is 3.74. The fraction of sp³-hybridized carbons (Fsp3) is 0.529. The van der Waals surface area contributed by atoms with Gasteiger partial charge in [-0.1, -0.05) is 6.07 Å². The van der Waals surface area contributed by atoms with Gasteiger partial charge in [0, 0.05) is 24.4 Å². The molecular formula is C17H21FN4OS. The molecule has 0 aromatic carbocycles. The normalized spacial score (nSPS) is 27.6. The van der Waals surface area contributed by atoms with Crippen molar-refractivity contribution in [1.82, 2.24) is 14.9 Å². The molecule has 7 heteroatoms. The first kappa shape index (κ1) is 15.9. The zero-order valence-corrected chi connectivity index (χ0v) is 14.3. The summed E-state index contributed by atoms with van der Waals surface area (Å²) in [5, 5.41) is 5.40. The van der Waals surface area contributed by atoms with Gasteiger partial charge < -0.3 is 10.1 Å². The van der Waals surface area contributed by atoms with Gasteiger partial charge in [-0.05, 0) is 30.8 Å². The van der Waals surface area contributed by atoms with Crippen molar-refractivity contribution in [2.75, 3.05) is 25.0 Å². The Hall–Kier alpha value is -1.57. The Morgan fingerprint density at radius 1 is 1.42 bits per heavy atom. The summed E-state index contributed by atoms with van der Waals surface area (Å²) < 4.78 is 19.1. The topological polar surface area (TPSA) is 50.3 Å². The van der Waals surface area contributed by atoms with E-state index in [4.69, 9.17) is 4.74 Å². The number of likely N-dealkylation sites (tertiary alicyclic amines) is 1. The Morgan fingerprint density at radius 3 is 3.08 bits per heavy atom. The molecule has 0 bridgehead atoms. The first-order valence-corrected chi connectivity index (χ1v) is 9.22. The molecule has 2 aliphatic rings. The molecule has 1 N–H and O–H groups in total. The zero-order valence-electron chi connectivity index (χ0n) is 13.4. The smallest absolute Gasteiger partial charge is 0.223 e. The van der Waals surface area contributed by atoms with Gasteiger partial charge in [0.2, 0.25) is 5.95 Å². The Balaban J connectivity index is 1.36. The van der Waals surface area contributed by atoms with E-state index in [1.807, 2.05) is 11.3 Å². The summed E-state index contributed by atoms with van der Waals surface area (Å²) in [6.45, 7) is 3.74. The van der Waals surface area contributed by atoms with Gasteiger partial charge in [0.15, 0.2) is 5.82 Å². The molecule has 0 radical (unpaired) electrons. The second-order valence-electron chi connectivity index (χ2n) is 6.66. The molecule has 2 aromatic rings. The number of ether oxygens (including phenoxy) is 1. The highest BCUT2D eigenvalue weighted by molar-refractivity contribution is 7.09. The summed E-state index contributed by atoms with van der Waals surface area (Å²) in [7, 11) is 0. The van der Waals surface area contributed by atoms with Gasteiger partial charge in [-0.25, -0.2) is 14.4 Å². The molecule has 2 aromatic heterocycles. The van der Waals surface area contributed by atoms with Crippen LogP contribution in [0.4, 0.5) is 10.3 Å². The lowest BCUT2D eigenvalue weighted by atomic mass is 9.88. The number of thiophene rings is 1. The molecule has 5 nitrogen and oxygen atoms in total. The van der Waals surface area contributed by atoms with Crippen LogP contribution < -0.4 is 5.32 Å². The van der Waals surface area contributed by atoms with Crippen LogP contribution >= 0.6 is 11.3 Å². The Bertz CT molecular complexity index is 666. The maximum Gasteiger partial charge on any atom is 0.223 e. The lowest BCUT2D eigenvalue weighted by molar-refractivity contribution is -0.0531. The van der Waals surface area contributed by atoms with E-state index in [2.05, 4.69) is 37.7 Å². The fourth-order valence-corrected chi connectivity index (χ4v) is 4.49. The average Bonchev–Trinajstić information content (AvgIpc) is 3.21. The van der Waals surface area contributed by atoms with E-state index >= 15 is 0 Å². The summed E-state index contributed by atoms with van der Waals surface area (Å²) in [6, 6.07) is 4.48. The lowest BCUT2D eigenvalue weighted by Gasteiger charge is -2.39. The lowest BCUT2D eigenvalue weighted by Crippen LogP contribution is -2.47. The molecular weight excluding hydrogens is 327 g/mol. The van der Waals surface area contributed by atoms with Gasteiger partial charge in [-0.2, -0.15) is 0 Å². The molecule has 0 aliphatic carbocycles. The van der Waals surface area contributed by atoms with E-state index in [0.717, 1.165) is 38.9 Å². The molecule has 1 spiro atoms. The number of anilines is 1. The average molecular weight is 348 g/mol. The molecule has 0 amide bonds. The van der Waals surface area contributed by atoms with Crippen molar-refractivity contribution in [3.05, 3.63) is 40.6 Å². The first-order valence-electron chi connectivity index (χ1n) is 8.34. The van der Waals surface area contributed by atoms with Crippen molar-refractivity contribution in [3.8, 4) is 0 Å². The van der Waals surface area contributed by atoms with E-state index in [-0.39, 0.29) is 11.6 Å². The van der Waals surface area contributed by atoms with Crippen LogP contribution in [0.25, 0.3) is 0 Å². The summed E-state index contributed by atoms with van der Waals surface area (Å²) in [5.41, 5.74) is -0.0762. The van der Waals surface area contributed by atoms with Gasteiger partial charge >= 0.3 is 0 Å². The number of nitrogens with zero attached hydrogens (tertiary/aromatic N) is 3. The van der Waals surface area contributed by atoms with Crippen LogP contribution in [0.1, 0.15) is 24.1 Å². The van der Waals surface area contributed by atoms with E-state index in [0.29, 0.717) is 12.6 Å². The van der Waals surface area contributed by atoms with Gasteiger partial charge in [-0.15, -0.1) is 11.3 Å². The van der Waals surface area contributed by atoms with Crippen molar-refractivity contribution >= 4 is 17.3 Å². The monoisotopic (exact) mass is 348 g/mol. The zero-order chi connectivity index (χ0) is 16.4. The van der Waals surface area contributed by atoms with Crippen LogP contribution in [0.15, 0.2) is 29.9 Å². The molecule has 4 heterocycles. The molecule has 0 saturated carbocycles.